The summed E-state index contributed by atoms with van der Waals surface area (Å²) in [5.74, 6) is 2.07. The van der Waals surface area contributed by atoms with Crippen molar-refractivity contribution in [3.8, 4) is 0 Å². The summed E-state index contributed by atoms with van der Waals surface area (Å²) in [6.07, 6.45) is 11.7. The van der Waals surface area contributed by atoms with Crippen LogP contribution in [0.15, 0.2) is 36.1 Å². The molecule has 0 aromatic heterocycles. The molecule has 0 spiro atoms. The van der Waals surface area contributed by atoms with Crippen LogP contribution >= 0.6 is 0 Å². The van der Waals surface area contributed by atoms with Crippen LogP contribution in [0.4, 0.5) is 0 Å². The van der Waals surface area contributed by atoms with Crippen molar-refractivity contribution < 1.29 is 9.53 Å². The molecule has 2 aliphatic rings. The minimum absolute atomic E-state index is 0.533. The van der Waals surface area contributed by atoms with Gasteiger partial charge in [0, 0.05) is 6.04 Å². The third-order valence-corrected chi connectivity index (χ3v) is 3.84. The van der Waals surface area contributed by atoms with Gasteiger partial charge in [-0.2, -0.15) is 0 Å². The van der Waals surface area contributed by atoms with Crippen LogP contribution in [0.2, 0.25) is 0 Å². The minimum atomic E-state index is 0.533. The Morgan fingerprint density at radius 3 is 2.84 bits per heavy atom. The van der Waals surface area contributed by atoms with Crippen molar-refractivity contribution in [3.63, 3.8) is 0 Å². The molecular formula is C16H23NO2. The normalized spacial score (nSPS) is 27.0. The first kappa shape index (κ1) is 14.1. The van der Waals surface area contributed by atoms with Crippen LogP contribution in [0.3, 0.4) is 0 Å². The lowest BCUT2D eigenvalue weighted by Crippen LogP contribution is -2.19. The number of hydrogen-bond donors (Lipinski definition) is 1. The highest BCUT2D eigenvalue weighted by molar-refractivity contribution is 5.79. The zero-order valence-electron chi connectivity index (χ0n) is 11.6. The van der Waals surface area contributed by atoms with Crippen molar-refractivity contribution >= 4 is 6.29 Å². The number of carbonyl (C=O) groups excluding carboxylic acids is 1. The fraction of sp³-hybridized carbons (Fsp3) is 0.562. The second-order valence-corrected chi connectivity index (χ2v) is 5.40. The summed E-state index contributed by atoms with van der Waals surface area (Å²) in [6, 6.07) is 0.595. The summed E-state index contributed by atoms with van der Waals surface area (Å²) in [6.45, 7) is 4.76. The highest BCUT2D eigenvalue weighted by Crippen LogP contribution is 2.34. The average Bonchev–Trinajstić information content (AvgIpc) is 3.32. The van der Waals surface area contributed by atoms with Gasteiger partial charge < -0.3 is 10.1 Å². The minimum Gasteiger partial charge on any atom is -0.496 e. The molecule has 3 nitrogen and oxygen atoms in total. The Balaban J connectivity index is 1.74. The summed E-state index contributed by atoms with van der Waals surface area (Å²) in [5.41, 5.74) is 0.557. The predicted molar refractivity (Wildman–Crippen MR) is 76.7 cm³/mol. The second-order valence-electron chi connectivity index (χ2n) is 5.40. The molecule has 0 aromatic carbocycles. The number of ether oxygens (including phenoxy) is 1. The molecule has 0 amide bonds. The lowest BCUT2D eigenvalue weighted by atomic mass is 10.2. The van der Waals surface area contributed by atoms with Crippen LogP contribution < -0.4 is 5.32 Å². The molecule has 2 atom stereocenters. The zero-order chi connectivity index (χ0) is 13.7. The maximum absolute atomic E-state index is 11.0. The molecule has 3 heteroatoms. The SMILES string of the molecule is C=C/C(OC)=C(C=O)\C=C\C1CC1NCCC1CC1. The van der Waals surface area contributed by atoms with Crippen LogP contribution in [0.25, 0.3) is 0 Å². The van der Waals surface area contributed by atoms with E-state index in [1.807, 2.05) is 6.08 Å². The highest BCUT2D eigenvalue weighted by Gasteiger charge is 2.34. The Labute approximate surface area is 115 Å². The first-order valence-electron chi connectivity index (χ1n) is 7.06. The average molecular weight is 261 g/mol. The first-order valence-corrected chi connectivity index (χ1v) is 7.06. The van der Waals surface area contributed by atoms with Crippen molar-refractivity contribution in [2.45, 2.75) is 31.7 Å². The molecule has 0 aromatic rings. The second kappa shape index (κ2) is 6.71. The summed E-state index contributed by atoms with van der Waals surface area (Å²) >= 11 is 0. The Kier molecular flexibility index (Phi) is 4.97. The van der Waals surface area contributed by atoms with E-state index in [2.05, 4.69) is 18.0 Å². The Morgan fingerprint density at radius 1 is 1.47 bits per heavy atom. The summed E-state index contributed by atoms with van der Waals surface area (Å²) in [4.78, 5) is 11.0. The van der Waals surface area contributed by atoms with E-state index in [0.29, 0.717) is 23.3 Å². The van der Waals surface area contributed by atoms with E-state index < -0.39 is 0 Å². The van der Waals surface area contributed by atoms with Gasteiger partial charge in [-0.05, 0) is 37.3 Å². The maximum Gasteiger partial charge on any atom is 0.153 e. The maximum atomic E-state index is 11.0. The molecule has 19 heavy (non-hydrogen) atoms. The van der Waals surface area contributed by atoms with E-state index in [4.69, 9.17) is 4.74 Å². The van der Waals surface area contributed by atoms with Crippen molar-refractivity contribution in [2.75, 3.05) is 13.7 Å². The molecule has 0 saturated heterocycles. The molecule has 0 aliphatic heterocycles. The molecule has 104 valence electrons. The van der Waals surface area contributed by atoms with E-state index in [9.17, 15) is 4.79 Å². The van der Waals surface area contributed by atoms with Crippen LogP contribution in [-0.4, -0.2) is 26.0 Å². The lowest BCUT2D eigenvalue weighted by molar-refractivity contribution is -0.104. The fourth-order valence-electron chi connectivity index (χ4n) is 2.27. The number of allylic oxidation sites excluding steroid dienone is 3. The predicted octanol–water partition coefficient (Wildman–Crippen LogP) is 2.61. The summed E-state index contributed by atoms with van der Waals surface area (Å²) in [7, 11) is 1.55. The van der Waals surface area contributed by atoms with Crippen molar-refractivity contribution in [1.29, 1.82) is 0 Å². The number of rotatable bonds is 9. The molecule has 0 heterocycles. The van der Waals surface area contributed by atoms with E-state index >= 15 is 0 Å². The van der Waals surface area contributed by atoms with E-state index in [1.54, 1.807) is 13.2 Å². The molecule has 2 unspecified atom stereocenters. The van der Waals surface area contributed by atoms with E-state index in [1.165, 1.54) is 25.7 Å². The van der Waals surface area contributed by atoms with E-state index in [0.717, 1.165) is 18.7 Å². The van der Waals surface area contributed by atoms with Crippen molar-refractivity contribution in [2.24, 2.45) is 11.8 Å². The molecule has 0 bridgehead atoms. The largest absolute Gasteiger partial charge is 0.496 e. The molecular weight excluding hydrogens is 238 g/mol. The highest BCUT2D eigenvalue weighted by atomic mass is 16.5. The van der Waals surface area contributed by atoms with E-state index in [-0.39, 0.29) is 0 Å². The fourth-order valence-corrected chi connectivity index (χ4v) is 2.27. The summed E-state index contributed by atoms with van der Waals surface area (Å²) < 4.78 is 5.09. The van der Waals surface area contributed by atoms with Gasteiger partial charge in [0.05, 0.1) is 12.7 Å². The van der Waals surface area contributed by atoms with Crippen LogP contribution in [-0.2, 0) is 9.53 Å². The number of aldehydes is 1. The van der Waals surface area contributed by atoms with Gasteiger partial charge in [-0.15, -0.1) is 0 Å². The Hall–Kier alpha value is -1.35. The monoisotopic (exact) mass is 261 g/mol. The standard InChI is InChI=1S/C16H23NO2/c1-3-16(19-2)14(11-18)7-6-13-10-15(13)17-9-8-12-4-5-12/h3,6-7,11-13,15,17H,1,4-5,8-10H2,2H3/b7-6+,16-14-. The molecule has 2 fully saturated rings. The summed E-state index contributed by atoms with van der Waals surface area (Å²) in [5, 5.41) is 3.57. The number of nitrogens with one attached hydrogen (secondary N) is 1. The van der Waals surface area contributed by atoms with Crippen LogP contribution in [0.1, 0.15) is 25.7 Å². The molecule has 2 aliphatic carbocycles. The van der Waals surface area contributed by atoms with Gasteiger partial charge in [0.1, 0.15) is 5.76 Å². The van der Waals surface area contributed by atoms with Crippen LogP contribution in [0, 0.1) is 11.8 Å². The van der Waals surface area contributed by atoms with Gasteiger partial charge in [-0.25, -0.2) is 0 Å². The number of carbonyl (C=O) groups is 1. The van der Waals surface area contributed by atoms with Gasteiger partial charge >= 0.3 is 0 Å². The smallest absolute Gasteiger partial charge is 0.153 e. The molecule has 2 saturated carbocycles. The van der Waals surface area contributed by atoms with Gasteiger partial charge in [0.25, 0.3) is 0 Å². The lowest BCUT2D eigenvalue weighted by Gasteiger charge is -2.02. The Bertz CT molecular complexity index is 394. The van der Waals surface area contributed by atoms with Crippen LogP contribution in [0.5, 0.6) is 0 Å². The zero-order valence-corrected chi connectivity index (χ0v) is 11.6. The quantitative estimate of drug-likeness (QED) is 0.300. The third-order valence-electron chi connectivity index (χ3n) is 3.84. The van der Waals surface area contributed by atoms with Gasteiger partial charge in [-0.3, -0.25) is 4.79 Å². The third kappa shape index (κ3) is 4.35. The number of methoxy groups -OCH3 is 1. The molecule has 2 rings (SSSR count). The first-order chi connectivity index (χ1) is 9.28. The van der Waals surface area contributed by atoms with Gasteiger partial charge in [-0.1, -0.05) is 31.6 Å². The molecule has 0 radical (unpaired) electrons. The van der Waals surface area contributed by atoms with Gasteiger partial charge in [0.15, 0.2) is 6.29 Å². The molecule has 1 N–H and O–H groups in total. The topological polar surface area (TPSA) is 38.3 Å². The van der Waals surface area contributed by atoms with Gasteiger partial charge in [0.2, 0.25) is 0 Å². The number of hydrogen-bond acceptors (Lipinski definition) is 3. The van der Waals surface area contributed by atoms with Crippen molar-refractivity contribution in [1.82, 2.24) is 5.32 Å². The van der Waals surface area contributed by atoms with Crippen molar-refractivity contribution in [3.05, 3.63) is 36.1 Å². The Morgan fingerprint density at radius 2 is 2.26 bits per heavy atom.